The van der Waals surface area contributed by atoms with Gasteiger partial charge in [-0.25, -0.2) is 0 Å². The molecule has 2 saturated heterocycles. The number of rotatable bonds is 2. The molecule has 6 heteroatoms. The number of thiophene rings is 1. The monoisotopic (exact) mass is 342 g/mol. The van der Waals surface area contributed by atoms with Crippen LogP contribution in [0.1, 0.15) is 24.1 Å². The van der Waals surface area contributed by atoms with E-state index in [4.69, 9.17) is 0 Å². The maximum absolute atomic E-state index is 12.5. The number of amides is 2. The summed E-state index contributed by atoms with van der Waals surface area (Å²) >= 11 is 5.08. The van der Waals surface area contributed by atoms with Crippen LogP contribution in [0.5, 0.6) is 0 Å². The molecule has 2 aliphatic heterocycles. The van der Waals surface area contributed by atoms with Crippen LogP contribution in [0.2, 0.25) is 0 Å². The van der Waals surface area contributed by atoms with Crippen molar-refractivity contribution in [1.29, 1.82) is 0 Å². The van der Waals surface area contributed by atoms with Gasteiger partial charge in [0, 0.05) is 15.9 Å². The van der Waals surface area contributed by atoms with E-state index in [9.17, 15) is 9.59 Å². The summed E-state index contributed by atoms with van der Waals surface area (Å²) in [5, 5.41) is 1.99. The van der Waals surface area contributed by atoms with E-state index in [1.165, 1.54) is 0 Å². The highest BCUT2D eigenvalue weighted by Gasteiger charge is 2.40. The maximum atomic E-state index is 12.5. The molecule has 3 heterocycles. The van der Waals surface area contributed by atoms with Gasteiger partial charge in [0.1, 0.15) is 12.6 Å². The van der Waals surface area contributed by atoms with Crippen LogP contribution < -0.4 is 0 Å². The molecule has 1 unspecified atom stereocenters. The van der Waals surface area contributed by atoms with Crippen LogP contribution in [0.3, 0.4) is 0 Å². The first-order valence-electron chi connectivity index (χ1n) is 6.47. The van der Waals surface area contributed by atoms with E-state index >= 15 is 0 Å². The Morgan fingerprint density at radius 3 is 2.95 bits per heavy atom. The molecule has 0 aliphatic carbocycles. The Balaban J connectivity index is 1.78. The molecule has 0 saturated carbocycles. The lowest BCUT2D eigenvalue weighted by Gasteiger charge is -2.42. The summed E-state index contributed by atoms with van der Waals surface area (Å²) in [5.41, 5.74) is 0. The lowest BCUT2D eigenvalue weighted by Crippen LogP contribution is -2.60. The summed E-state index contributed by atoms with van der Waals surface area (Å²) in [6, 6.07) is 1.76. The van der Waals surface area contributed by atoms with E-state index in [1.807, 2.05) is 11.4 Å². The second kappa shape index (κ2) is 5.25. The van der Waals surface area contributed by atoms with Crippen molar-refractivity contribution in [3.05, 3.63) is 20.8 Å². The fourth-order valence-corrected chi connectivity index (χ4v) is 4.27. The van der Waals surface area contributed by atoms with Gasteiger partial charge in [0.05, 0.1) is 6.54 Å². The largest absolute Gasteiger partial charge is 0.329 e. The van der Waals surface area contributed by atoms with Crippen LogP contribution in [0.4, 0.5) is 0 Å². The number of nitrogens with zero attached hydrogens (tertiary/aromatic N) is 2. The summed E-state index contributed by atoms with van der Waals surface area (Å²) in [7, 11) is 0. The normalized spacial score (nSPS) is 23.7. The van der Waals surface area contributed by atoms with E-state index in [-0.39, 0.29) is 24.4 Å². The van der Waals surface area contributed by atoms with Gasteiger partial charge in [0.2, 0.25) is 11.8 Å². The molecular weight excluding hydrogens is 328 g/mol. The first kappa shape index (κ1) is 13.1. The predicted molar refractivity (Wildman–Crippen MR) is 76.8 cm³/mol. The van der Waals surface area contributed by atoms with Crippen molar-refractivity contribution in [3.8, 4) is 0 Å². The third-order valence-electron chi connectivity index (χ3n) is 3.77. The highest BCUT2D eigenvalue weighted by atomic mass is 79.9. The van der Waals surface area contributed by atoms with E-state index < -0.39 is 0 Å². The summed E-state index contributed by atoms with van der Waals surface area (Å²) in [6.07, 6.45) is 2.87. The van der Waals surface area contributed by atoms with Crippen molar-refractivity contribution in [3.63, 3.8) is 0 Å². The number of fused-ring (bicyclic) bond motifs is 1. The molecule has 2 amide bonds. The van der Waals surface area contributed by atoms with Gasteiger partial charge in [0.25, 0.3) is 0 Å². The minimum Gasteiger partial charge on any atom is -0.329 e. The molecule has 1 aromatic rings. The number of hydrogen-bond donors (Lipinski definition) is 0. The summed E-state index contributed by atoms with van der Waals surface area (Å²) < 4.78 is 1.02. The zero-order valence-electron chi connectivity index (χ0n) is 10.5. The SMILES string of the molecule is O=C1C2CCCCN2C(=O)CN1Cc1sccc1Br. The van der Waals surface area contributed by atoms with Gasteiger partial charge >= 0.3 is 0 Å². The molecule has 2 fully saturated rings. The molecule has 0 spiro atoms. The Kier molecular flexibility index (Phi) is 3.62. The standard InChI is InChI=1S/C13H15BrN2O2S/c14-9-4-6-19-11(9)7-15-8-12(17)16-5-2-1-3-10(16)13(15)18/h4,6,10H,1-3,5,7-8H2. The van der Waals surface area contributed by atoms with Crippen molar-refractivity contribution in [1.82, 2.24) is 9.80 Å². The van der Waals surface area contributed by atoms with E-state index in [2.05, 4.69) is 15.9 Å². The average Bonchev–Trinajstić information content (AvgIpc) is 2.81. The Hall–Kier alpha value is -0.880. The number of piperidine rings is 1. The van der Waals surface area contributed by atoms with Gasteiger partial charge in [0.15, 0.2) is 0 Å². The fourth-order valence-electron chi connectivity index (χ4n) is 2.77. The van der Waals surface area contributed by atoms with Crippen molar-refractivity contribution in [2.24, 2.45) is 0 Å². The molecule has 3 rings (SSSR count). The molecule has 0 aromatic carbocycles. The number of carbonyl (C=O) groups excluding carboxylic acids is 2. The average molecular weight is 343 g/mol. The number of carbonyl (C=O) groups is 2. The molecule has 19 heavy (non-hydrogen) atoms. The highest BCUT2D eigenvalue weighted by molar-refractivity contribution is 9.10. The number of hydrogen-bond acceptors (Lipinski definition) is 3. The highest BCUT2D eigenvalue weighted by Crippen LogP contribution is 2.28. The third-order valence-corrected chi connectivity index (χ3v) is 5.68. The van der Waals surface area contributed by atoms with Crippen molar-refractivity contribution in [2.45, 2.75) is 31.8 Å². The maximum Gasteiger partial charge on any atom is 0.246 e. The Morgan fingerprint density at radius 1 is 1.37 bits per heavy atom. The molecule has 1 aromatic heterocycles. The minimum atomic E-state index is -0.214. The molecule has 0 N–H and O–H groups in total. The summed E-state index contributed by atoms with van der Waals surface area (Å²) in [4.78, 5) is 29.2. The zero-order valence-corrected chi connectivity index (χ0v) is 12.9. The van der Waals surface area contributed by atoms with Gasteiger partial charge < -0.3 is 9.80 Å². The van der Waals surface area contributed by atoms with Crippen LogP contribution in [0.15, 0.2) is 15.9 Å². The number of halogens is 1. The molecule has 4 nitrogen and oxygen atoms in total. The van der Waals surface area contributed by atoms with E-state index in [0.29, 0.717) is 6.54 Å². The lowest BCUT2D eigenvalue weighted by molar-refractivity contribution is -0.158. The van der Waals surface area contributed by atoms with Crippen molar-refractivity contribution in [2.75, 3.05) is 13.1 Å². The first-order chi connectivity index (χ1) is 9.16. The summed E-state index contributed by atoms with van der Waals surface area (Å²) in [6.45, 7) is 1.50. The predicted octanol–water partition coefficient (Wildman–Crippen LogP) is 2.23. The van der Waals surface area contributed by atoms with Crippen LogP contribution in [-0.2, 0) is 16.1 Å². The van der Waals surface area contributed by atoms with Crippen molar-refractivity contribution >= 4 is 39.1 Å². The van der Waals surface area contributed by atoms with Crippen LogP contribution in [-0.4, -0.2) is 40.7 Å². The van der Waals surface area contributed by atoms with Crippen LogP contribution in [0, 0.1) is 0 Å². The molecular formula is C13H15BrN2O2S. The topological polar surface area (TPSA) is 40.6 Å². The second-order valence-electron chi connectivity index (χ2n) is 4.98. The van der Waals surface area contributed by atoms with Crippen molar-refractivity contribution < 1.29 is 9.59 Å². The molecule has 102 valence electrons. The second-order valence-corrected chi connectivity index (χ2v) is 6.84. The molecule has 0 bridgehead atoms. The number of piperazine rings is 1. The molecule has 1 atom stereocenters. The van der Waals surface area contributed by atoms with Gasteiger partial charge in [-0.1, -0.05) is 0 Å². The Bertz CT molecular complexity index is 516. The zero-order chi connectivity index (χ0) is 13.4. The third kappa shape index (κ3) is 2.43. The Labute approximate surface area is 124 Å². The fraction of sp³-hybridized carbons (Fsp3) is 0.538. The van der Waals surface area contributed by atoms with Gasteiger partial charge in [-0.2, -0.15) is 0 Å². The smallest absolute Gasteiger partial charge is 0.246 e. The minimum absolute atomic E-state index is 0.0944. The quantitative estimate of drug-likeness (QED) is 0.826. The summed E-state index contributed by atoms with van der Waals surface area (Å²) in [5.74, 6) is 0.205. The first-order valence-corrected chi connectivity index (χ1v) is 8.14. The van der Waals surface area contributed by atoms with Crippen LogP contribution >= 0.6 is 27.3 Å². The Morgan fingerprint density at radius 2 is 2.21 bits per heavy atom. The van der Waals surface area contributed by atoms with E-state index in [1.54, 1.807) is 21.1 Å². The van der Waals surface area contributed by atoms with Gasteiger partial charge in [-0.05, 0) is 46.6 Å². The van der Waals surface area contributed by atoms with E-state index in [0.717, 1.165) is 35.2 Å². The lowest BCUT2D eigenvalue weighted by atomic mass is 9.98. The molecule has 2 aliphatic rings. The van der Waals surface area contributed by atoms with Gasteiger partial charge in [-0.3, -0.25) is 9.59 Å². The molecule has 0 radical (unpaired) electrons. The van der Waals surface area contributed by atoms with Crippen LogP contribution in [0.25, 0.3) is 0 Å². The van der Waals surface area contributed by atoms with Gasteiger partial charge in [-0.15, -0.1) is 11.3 Å².